The monoisotopic (exact) mass is 377 g/mol. The van der Waals surface area contributed by atoms with Crippen molar-refractivity contribution in [1.29, 1.82) is 0 Å². The Morgan fingerprint density at radius 3 is 2.39 bits per heavy atom. The molecule has 6 heteroatoms. The van der Waals surface area contributed by atoms with Crippen LogP contribution in [0.1, 0.15) is 22.3 Å². The summed E-state index contributed by atoms with van der Waals surface area (Å²) in [5, 5.41) is 2.90. The third-order valence-corrected chi connectivity index (χ3v) is 5.13. The van der Waals surface area contributed by atoms with E-state index in [1.807, 2.05) is 42.5 Å². The minimum atomic E-state index is -0.129. The van der Waals surface area contributed by atoms with E-state index in [0.29, 0.717) is 17.8 Å². The molecule has 0 aromatic heterocycles. The zero-order valence-electron chi connectivity index (χ0n) is 15.7. The molecule has 0 spiro atoms. The second kappa shape index (κ2) is 7.86. The van der Waals surface area contributed by atoms with E-state index < -0.39 is 0 Å². The van der Waals surface area contributed by atoms with E-state index in [2.05, 4.69) is 16.8 Å². The number of amides is 2. The van der Waals surface area contributed by atoms with Crippen LogP contribution in [0.4, 0.5) is 11.4 Å². The van der Waals surface area contributed by atoms with E-state index in [4.69, 9.17) is 4.74 Å². The summed E-state index contributed by atoms with van der Waals surface area (Å²) in [5.41, 5.74) is 4.01. The van der Waals surface area contributed by atoms with Crippen LogP contribution in [0.5, 0.6) is 0 Å². The Hall–Kier alpha value is -3.12. The van der Waals surface area contributed by atoms with E-state index >= 15 is 0 Å². The lowest BCUT2D eigenvalue weighted by atomic mass is 10.1. The molecule has 0 radical (unpaired) electrons. The van der Waals surface area contributed by atoms with Crippen LogP contribution in [-0.4, -0.2) is 49.6 Å². The molecular weight excluding hydrogens is 354 g/mol. The number of nitrogens with one attached hydrogen (secondary N) is 1. The number of anilines is 2. The lowest BCUT2D eigenvalue weighted by Crippen LogP contribution is -2.36. The van der Waals surface area contributed by atoms with Crippen LogP contribution in [-0.2, 0) is 9.53 Å². The van der Waals surface area contributed by atoms with Gasteiger partial charge in [-0.15, -0.1) is 0 Å². The van der Waals surface area contributed by atoms with Crippen LogP contribution in [0, 0.1) is 0 Å². The highest BCUT2D eigenvalue weighted by Crippen LogP contribution is 2.31. The van der Waals surface area contributed by atoms with Gasteiger partial charge in [0, 0.05) is 54.3 Å². The van der Waals surface area contributed by atoms with Crippen LogP contribution in [0.15, 0.2) is 55.1 Å². The molecule has 1 fully saturated rings. The summed E-state index contributed by atoms with van der Waals surface area (Å²) in [6.07, 6.45) is 0.212. The Labute approximate surface area is 164 Å². The topological polar surface area (TPSA) is 61.9 Å². The van der Waals surface area contributed by atoms with Gasteiger partial charge >= 0.3 is 0 Å². The molecule has 2 aliphatic rings. The number of carbonyl (C=O) groups excluding carboxylic acids is 2. The molecule has 2 amide bonds. The maximum atomic E-state index is 12.5. The molecular formula is C22H23N3O3. The minimum Gasteiger partial charge on any atom is -0.378 e. The number of benzene rings is 2. The molecule has 6 nitrogen and oxygen atoms in total. The molecule has 2 aromatic rings. The van der Waals surface area contributed by atoms with E-state index in [0.717, 1.165) is 43.2 Å². The third kappa shape index (κ3) is 3.64. The second-order valence-corrected chi connectivity index (χ2v) is 6.89. The Morgan fingerprint density at radius 1 is 1.04 bits per heavy atom. The van der Waals surface area contributed by atoms with Crippen LogP contribution >= 0.6 is 0 Å². The molecule has 28 heavy (non-hydrogen) atoms. The fourth-order valence-corrected chi connectivity index (χ4v) is 3.59. The standard InChI is InChI=1S/C22H23N3O3/c1-16-19-4-2-3-5-20(19)22(27)25(16)11-10-21(26)23-17-6-8-18(9-7-17)24-12-14-28-15-13-24/h2-9H,1,10-15H2,(H,23,26). The number of morpholine rings is 1. The number of carbonyl (C=O) groups is 2. The minimum absolute atomic E-state index is 0.0942. The second-order valence-electron chi connectivity index (χ2n) is 6.89. The van der Waals surface area contributed by atoms with Gasteiger partial charge in [0.1, 0.15) is 0 Å². The Balaban J connectivity index is 1.31. The maximum Gasteiger partial charge on any atom is 0.258 e. The predicted molar refractivity (Wildman–Crippen MR) is 109 cm³/mol. The van der Waals surface area contributed by atoms with Gasteiger partial charge in [-0.25, -0.2) is 0 Å². The van der Waals surface area contributed by atoms with Crippen LogP contribution < -0.4 is 10.2 Å². The summed E-state index contributed by atoms with van der Waals surface area (Å²) in [5.74, 6) is -0.223. The summed E-state index contributed by atoms with van der Waals surface area (Å²) in [6, 6.07) is 15.2. The van der Waals surface area contributed by atoms with Crippen molar-refractivity contribution in [2.75, 3.05) is 43.1 Å². The maximum absolute atomic E-state index is 12.5. The number of ether oxygens (including phenoxy) is 1. The van der Waals surface area contributed by atoms with Gasteiger partial charge in [0.2, 0.25) is 5.91 Å². The predicted octanol–water partition coefficient (Wildman–Crippen LogP) is 2.98. The lowest BCUT2D eigenvalue weighted by molar-refractivity contribution is -0.116. The molecule has 0 unspecified atom stereocenters. The van der Waals surface area contributed by atoms with Crippen molar-refractivity contribution < 1.29 is 14.3 Å². The molecule has 144 valence electrons. The molecule has 0 atom stereocenters. The van der Waals surface area contributed by atoms with Crippen molar-refractivity contribution in [2.45, 2.75) is 6.42 Å². The quantitative estimate of drug-likeness (QED) is 0.870. The van der Waals surface area contributed by atoms with Gasteiger partial charge < -0.3 is 19.9 Å². The lowest BCUT2D eigenvalue weighted by Gasteiger charge is -2.28. The molecule has 1 saturated heterocycles. The van der Waals surface area contributed by atoms with Crippen LogP contribution in [0.2, 0.25) is 0 Å². The number of nitrogens with zero attached hydrogens (tertiary/aromatic N) is 2. The van der Waals surface area contributed by atoms with Crippen molar-refractivity contribution >= 4 is 28.9 Å². The first kappa shape index (κ1) is 18.3. The van der Waals surface area contributed by atoms with Crippen molar-refractivity contribution in [3.05, 3.63) is 66.2 Å². The van der Waals surface area contributed by atoms with Crippen molar-refractivity contribution in [2.24, 2.45) is 0 Å². The molecule has 4 rings (SSSR count). The van der Waals surface area contributed by atoms with Crippen LogP contribution in [0.25, 0.3) is 5.70 Å². The molecule has 0 saturated carbocycles. The average molecular weight is 377 g/mol. The van der Waals surface area contributed by atoms with E-state index in [1.54, 1.807) is 11.0 Å². The fraction of sp³-hybridized carbons (Fsp3) is 0.273. The van der Waals surface area contributed by atoms with Gasteiger partial charge in [-0.1, -0.05) is 24.8 Å². The van der Waals surface area contributed by atoms with Gasteiger partial charge in [0.25, 0.3) is 5.91 Å². The Bertz CT molecular complexity index is 866. The van der Waals surface area contributed by atoms with Crippen LogP contribution in [0.3, 0.4) is 0 Å². The SMILES string of the molecule is C=C1c2ccccc2C(=O)N1CCC(=O)Nc1ccc(N2CCOCC2)cc1. The average Bonchev–Trinajstić information content (AvgIpc) is 2.98. The number of hydrogen-bond acceptors (Lipinski definition) is 4. The largest absolute Gasteiger partial charge is 0.378 e. The molecule has 0 aliphatic carbocycles. The molecule has 2 heterocycles. The molecule has 2 aliphatic heterocycles. The van der Waals surface area contributed by atoms with E-state index in [1.165, 1.54) is 0 Å². The third-order valence-electron chi connectivity index (χ3n) is 5.13. The summed E-state index contributed by atoms with van der Waals surface area (Å²) >= 11 is 0. The zero-order valence-corrected chi connectivity index (χ0v) is 15.7. The van der Waals surface area contributed by atoms with Gasteiger partial charge in [0.05, 0.1) is 13.2 Å². The molecule has 2 aromatic carbocycles. The molecule has 1 N–H and O–H groups in total. The van der Waals surface area contributed by atoms with Gasteiger partial charge in [0.15, 0.2) is 0 Å². The first-order valence-electron chi connectivity index (χ1n) is 9.46. The smallest absolute Gasteiger partial charge is 0.258 e. The first-order valence-corrected chi connectivity index (χ1v) is 9.46. The van der Waals surface area contributed by atoms with Gasteiger partial charge in [-0.05, 0) is 30.3 Å². The Morgan fingerprint density at radius 2 is 1.71 bits per heavy atom. The summed E-state index contributed by atoms with van der Waals surface area (Å²) in [4.78, 5) is 28.7. The highest BCUT2D eigenvalue weighted by molar-refractivity contribution is 6.09. The first-order chi connectivity index (χ1) is 13.6. The fourth-order valence-electron chi connectivity index (χ4n) is 3.59. The van der Waals surface area contributed by atoms with Crippen molar-refractivity contribution in [3.8, 4) is 0 Å². The van der Waals surface area contributed by atoms with Crippen molar-refractivity contribution in [1.82, 2.24) is 4.90 Å². The zero-order chi connectivity index (χ0) is 19.5. The highest BCUT2D eigenvalue weighted by Gasteiger charge is 2.30. The van der Waals surface area contributed by atoms with Gasteiger partial charge in [-0.2, -0.15) is 0 Å². The van der Waals surface area contributed by atoms with Crippen molar-refractivity contribution in [3.63, 3.8) is 0 Å². The number of hydrogen-bond donors (Lipinski definition) is 1. The normalized spacial score (nSPS) is 16.3. The summed E-state index contributed by atoms with van der Waals surface area (Å²) < 4.78 is 5.37. The summed E-state index contributed by atoms with van der Waals surface area (Å²) in [7, 11) is 0. The van der Waals surface area contributed by atoms with E-state index in [9.17, 15) is 9.59 Å². The Kier molecular flexibility index (Phi) is 5.12. The van der Waals surface area contributed by atoms with E-state index in [-0.39, 0.29) is 18.2 Å². The highest BCUT2D eigenvalue weighted by atomic mass is 16.5. The summed E-state index contributed by atoms with van der Waals surface area (Å²) in [6.45, 7) is 7.54. The molecule has 0 bridgehead atoms. The number of fused-ring (bicyclic) bond motifs is 1. The van der Waals surface area contributed by atoms with Gasteiger partial charge in [-0.3, -0.25) is 9.59 Å². The number of rotatable bonds is 5.